The number of hydrogen-bond donors (Lipinski definition) is 2. The van der Waals surface area contributed by atoms with Crippen LogP contribution in [0.1, 0.15) is 91.9 Å². The summed E-state index contributed by atoms with van der Waals surface area (Å²) in [6, 6.07) is -0.114. The molecule has 0 aliphatic heterocycles. The van der Waals surface area contributed by atoms with Gasteiger partial charge in [-0.25, -0.2) is 0 Å². The Morgan fingerprint density at radius 1 is 0.952 bits per heavy atom. The summed E-state index contributed by atoms with van der Waals surface area (Å²) in [4.78, 5) is 11.9. The number of nitrogens with one attached hydrogen (secondary N) is 1. The summed E-state index contributed by atoms with van der Waals surface area (Å²) in [6.45, 7) is 8.27. The number of aliphatic hydroxyl groups is 1. The second kappa shape index (κ2) is 13.1. The van der Waals surface area contributed by atoms with E-state index in [1.54, 1.807) is 0 Å². The molecule has 0 spiro atoms. The van der Waals surface area contributed by atoms with Gasteiger partial charge in [-0.2, -0.15) is 0 Å². The van der Waals surface area contributed by atoms with Gasteiger partial charge in [0.25, 0.3) is 0 Å². The van der Waals surface area contributed by atoms with Crippen molar-refractivity contribution in [3.8, 4) is 0 Å². The lowest BCUT2D eigenvalue weighted by atomic mass is 9.96. The van der Waals surface area contributed by atoms with Crippen LogP contribution in [0.25, 0.3) is 0 Å². The Kier molecular flexibility index (Phi) is 12.8. The molecule has 0 bridgehead atoms. The molecule has 0 saturated carbocycles. The summed E-state index contributed by atoms with van der Waals surface area (Å²) in [5.74, 6) is 0.356. The first kappa shape index (κ1) is 20.4. The van der Waals surface area contributed by atoms with Crippen molar-refractivity contribution in [2.45, 2.75) is 104 Å². The Bertz CT molecular complexity index is 254. The fourth-order valence-corrected chi connectivity index (χ4v) is 2.64. The van der Waals surface area contributed by atoms with Crippen LogP contribution in [0.4, 0.5) is 0 Å². The molecule has 0 rings (SSSR count). The fraction of sp³-hybridized carbons (Fsp3) is 0.944. The summed E-state index contributed by atoms with van der Waals surface area (Å²) < 4.78 is 0. The topological polar surface area (TPSA) is 49.3 Å². The number of hydrogen-bond acceptors (Lipinski definition) is 2. The zero-order chi connectivity index (χ0) is 16.1. The zero-order valence-corrected chi connectivity index (χ0v) is 14.7. The number of carbonyl (C=O) groups is 1. The van der Waals surface area contributed by atoms with Crippen LogP contribution in [0, 0.1) is 5.92 Å². The SMILES string of the molecule is CCCCCCCCCCC(=O)N[C@@H](C(C)C)[C@H](O)CC. The molecule has 0 aliphatic rings. The smallest absolute Gasteiger partial charge is 0.220 e. The number of carbonyl (C=O) groups excluding carboxylic acids is 1. The van der Waals surface area contributed by atoms with Gasteiger partial charge in [-0.3, -0.25) is 4.79 Å². The van der Waals surface area contributed by atoms with Crippen molar-refractivity contribution in [2.75, 3.05) is 0 Å². The molecule has 0 aliphatic carbocycles. The second-order valence-corrected chi connectivity index (χ2v) is 6.54. The molecule has 0 heterocycles. The van der Waals surface area contributed by atoms with E-state index in [-0.39, 0.29) is 17.9 Å². The summed E-state index contributed by atoms with van der Waals surface area (Å²) in [7, 11) is 0. The molecule has 0 aromatic carbocycles. The average molecular weight is 299 g/mol. The number of amides is 1. The Morgan fingerprint density at radius 3 is 1.95 bits per heavy atom. The molecule has 1 amide bonds. The van der Waals surface area contributed by atoms with E-state index in [1.165, 1.54) is 38.5 Å². The number of aliphatic hydroxyl groups excluding tert-OH is 1. The minimum atomic E-state index is -0.437. The monoisotopic (exact) mass is 299 g/mol. The largest absolute Gasteiger partial charge is 0.391 e. The first-order chi connectivity index (χ1) is 10.0. The van der Waals surface area contributed by atoms with Gasteiger partial charge < -0.3 is 10.4 Å². The Balaban J connectivity index is 3.69. The lowest BCUT2D eigenvalue weighted by Gasteiger charge is -2.26. The molecule has 0 aromatic rings. The van der Waals surface area contributed by atoms with Crippen LogP contribution in [0.3, 0.4) is 0 Å². The minimum Gasteiger partial charge on any atom is -0.391 e. The summed E-state index contributed by atoms with van der Waals surface area (Å²) >= 11 is 0. The number of rotatable bonds is 13. The molecule has 2 atom stereocenters. The highest BCUT2D eigenvalue weighted by atomic mass is 16.3. The van der Waals surface area contributed by atoms with Gasteiger partial charge in [0.05, 0.1) is 12.1 Å². The van der Waals surface area contributed by atoms with E-state index in [4.69, 9.17) is 0 Å². The first-order valence-electron chi connectivity index (χ1n) is 9.00. The molecule has 21 heavy (non-hydrogen) atoms. The van der Waals surface area contributed by atoms with E-state index in [2.05, 4.69) is 12.2 Å². The molecule has 2 N–H and O–H groups in total. The lowest BCUT2D eigenvalue weighted by Crippen LogP contribution is -2.46. The van der Waals surface area contributed by atoms with Crippen molar-refractivity contribution < 1.29 is 9.90 Å². The van der Waals surface area contributed by atoms with Crippen molar-refractivity contribution >= 4 is 5.91 Å². The van der Waals surface area contributed by atoms with E-state index in [1.807, 2.05) is 20.8 Å². The maximum Gasteiger partial charge on any atom is 0.220 e. The van der Waals surface area contributed by atoms with Gasteiger partial charge in [0.15, 0.2) is 0 Å². The highest BCUT2D eigenvalue weighted by Crippen LogP contribution is 2.12. The number of unbranched alkanes of at least 4 members (excludes halogenated alkanes) is 7. The maximum atomic E-state index is 11.9. The van der Waals surface area contributed by atoms with E-state index in [0.717, 1.165) is 12.8 Å². The highest BCUT2D eigenvalue weighted by molar-refractivity contribution is 5.76. The molecule has 3 nitrogen and oxygen atoms in total. The molecule has 3 heteroatoms. The second-order valence-electron chi connectivity index (χ2n) is 6.54. The molecule has 0 unspecified atom stereocenters. The van der Waals surface area contributed by atoms with Crippen molar-refractivity contribution in [1.82, 2.24) is 5.32 Å². The van der Waals surface area contributed by atoms with E-state index in [0.29, 0.717) is 12.8 Å². The van der Waals surface area contributed by atoms with Crippen LogP contribution >= 0.6 is 0 Å². The molecule has 0 radical (unpaired) electrons. The van der Waals surface area contributed by atoms with Crippen LogP contribution in [-0.2, 0) is 4.79 Å². The predicted molar refractivity (Wildman–Crippen MR) is 90.3 cm³/mol. The van der Waals surface area contributed by atoms with Crippen molar-refractivity contribution in [2.24, 2.45) is 5.92 Å². The summed E-state index contributed by atoms with van der Waals surface area (Å²) in [5.41, 5.74) is 0. The molecule has 126 valence electrons. The molecular formula is C18H37NO2. The van der Waals surface area contributed by atoms with Crippen LogP contribution < -0.4 is 5.32 Å². The van der Waals surface area contributed by atoms with Gasteiger partial charge in [0.1, 0.15) is 0 Å². The maximum absolute atomic E-state index is 11.9. The van der Waals surface area contributed by atoms with Gasteiger partial charge >= 0.3 is 0 Å². The normalized spacial score (nSPS) is 14.2. The Hall–Kier alpha value is -0.570. The summed E-state index contributed by atoms with van der Waals surface area (Å²) in [5, 5.41) is 12.9. The van der Waals surface area contributed by atoms with Crippen LogP contribution in [0.5, 0.6) is 0 Å². The van der Waals surface area contributed by atoms with Crippen molar-refractivity contribution in [1.29, 1.82) is 0 Å². The third-order valence-electron chi connectivity index (χ3n) is 4.14. The predicted octanol–water partition coefficient (Wildman–Crippen LogP) is 4.43. The molecule has 0 saturated heterocycles. The third-order valence-corrected chi connectivity index (χ3v) is 4.14. The van der Waals surface area contributed by atoms with E-state index < -0.39 is 6.10 Å². The quantitative estimate of drug-likeness (QED) is 0.494. The Morgan fingerprint density at radius 2 is 1.48 bits per heavy atom. The van der Waals surface area contributed by atoms with Gasteiger partial charge in [-0.1, -0.05) is 72.6 Å². The van der Waals surface area contributed by atoms with Crippen molar-refractivity contribution in [3.05, 3.63) is 0 Å². The standard InChI is InChI=1S/C18H37NO2/c1-5-7-8-9-10-11-12-13-14-17(21)19-18(15(3)4)16(20)6-2/h15-16,18,20H,5-14H2,1-4H3,(H,19,21)/t16-,18+/m1/s1. The van der Waals surface area contributed by atoms with Crippen LogP contribution in [0.2, 0.25) is 0 Å². The highest BCUT2D eigenvalue weighted by Gasteiger charge is 2.22. The van der Waals surface area contributed by atoms with Crippen LogP contribution in [-0.4, -0.2) is 23.2 Å². The zero-order valence-electron chi connectivity index (χ0n) is 14.7. The van der Waals surface area contributed by atoms with Gasteiger partial charge in [0.2, 0.25) is 5.91 Å². The van der Waals surface area contributed by atoms with Gasteiger partial charge in [-0.15, -0.1) is 0 Å². The fourth-order valence-electron chi connectivity index (χ4n) is 2.64. The van der Waals surface area contributed by atoms with Crippen LogP contribution in [0.15, 0.2) is 0 Å². The van der Waals surface area contributed by atoms with Crippen molar-refractivity contribution in [3.63, 3.8) is 0 Å². The minimum absolute atomic E-state index is 0.0900. The molecule has 0 aromatic heterocycles. The molecule has 0 fully saturated rings. The molecular weight excluding hydrogens is 262 g/mol. The first-order valence-corrected chi connectivity index (χ1v) is 9.00. The van der Waals surface area contributed by atoms with E-state index >= 15 is 0 Å². The average Bonchev–Trinajstić information content (AvgIpc) is 2.46. The Labute approximate surface area is 131 Å². The van der Waals surface area contributed by atoms with Gasteiger partial charge in [-0.05, 0) is 18.8 Å². The third kappa shape index (κ3) is 10.8. The van der Waals surface area contributed by atoms with Gasteiger partial charge in [0, 0.05) is 6.42 Å². The lowest BCUT2D eigenvalue weighted by molar-refractivity contribution is -0.123. The van der Waals surface area contributed by atoms with E-state index in [9.17, 15) is 9.90 Å². The summed E-state index contributed by atoms with van der Waals surface area (Å²) in [6.07, 6.45) is 10.8.